The van der Waals surface area contributed by atoms with E-state index in [1.165, 1.54) is 24.3 Å². The first-order chi connectivity index (χ1) is 5.38. The maximum absolute atomic E-state index is 3.56. The van der Waals surface area contributed by atoms with Crippen molar-refractivity contribution in [2.75, 3.05) is 18.1 Å². The van der Waals surface area contributed by atoms with Gasteiger partial charge in [-0.2, -0.15) is 11.8 Å². The van der Waals surface area contributed by atoms with E-state index in [2.05, 4.69) is 30.9 Å². The second-order valence-corrected chi connectivity index (χ2v) is 4.48. The molecule has 0 aromatic carbocycles. The van der Waals surface area contributed by atoms with Crippen molar-refractivity contribution in [3.05, 3.63) is 0 Å². The van der Waals surface area contributed by atoms with Crippen LogP contribution in [-0.2, 0) is 0 Å². The van der Waals surface area contributed by atoms with Crippen molar-refractivity contribution in [3.63, 3.8) is 0 Å². The monoisotopic (exact) mass is 173 g/mol. The van der Waals surface area contributed by atoms with Crippen LogP contribution in [0.3, 0.4) is 0 Å². The highest BCUT2D eigenvalue weighted by Crippen LogP contribution is 2.33. The summed E-state index contributed by atoms with van der Waals surface area (Å²) >= 11 is 2.06. The summed E-state index contributed by atoms with van der Waals surface area (Å²) in [5.41, 5.74) is 0. The summed E-state index contributed by atoms with van der Waals surface area (Å²) in [5.74, 6) is 3.58. The molecule has 0 bridgehead atoms. The normalized spacial score (nSPS) is 20.2. The van der Waals surface area contributed by atoms with Crippen molar-refractivity contribution in [2.24, 2.45) is 5.92 Å². The summed E-state index contributed by atoms with van der Waals surface area (Å²) in [5, 5.41) is 3.56. The second kappa shape index (κ2) is 5.04. The Hall–Kier alpha value is 0.310. The third-order valence-electron chi connectivity index (χ3n) is 2.16. The van der Waals surface area contributed by atoms with E-state index in [0.717, 1.165) is 18.5 Å². The molecule has 0 radical (unpaired) electrons. The van der Waals surface area contributed by atoms with Gasteiger partial charge in [-0.3, -0.25) is 0 Å². The lowest BCUT2D eigenvalue weighted by Gasteiger charge is -2.15. The van der Waals surface area contributed by atoms with Crippen LogP contribution in [0.25, 0.3) is 0 Å². The number of hydrogen-bond acceptors (Lipinski definition) is 2. The van der Waals surface area contributed by atoms with Crippen LogP contribution in [0.2, 0.25) is 0 Å². The van der Waals surface area contributed by atoms with Crippen molar-refractivity contribution in [3.8, 4) is 0 Å². The van der Waals surface area contributed by atoms with Crippen molar-refractivity contribution in [1.29, 1.82) is 0 Å². The Morgan fingerprint density at radius 3 is 2.64 bits per heavy atom. The zero-order valence-electron chi connectivity index (χ0n) is 7.60. The smallest absolute Gasteiger partial charge is 0.0186 e. The van der Waals surface area contributed by atoms with Gasteiger partial charge in [-0.05, 0) is 31.1 Å². The lowest BCUT2D eigenvalue weighted by Crippen LogP contribution is -2.33. The number of thioether (sulfide) groups is 1. The van der Waals surface area contributed by atoms with Gasteiger partial charge in [-0.1, -0.05) is 13.8 Å². The Bertz CT molecular complexity index is 102. The van der Waals surface area contributed by atoms with Gasteiger partial charge in [0, 0.05) is 11.8 Å². The lowest BCUT2D eigenvalue weighted by atomic mass is 10.2. The fourth-order valence-electron chi connectivity index (χ4n) is 1.37. The molecular weight excluding hydrogens is 154 g/mol. The highest BCUT2D eigenvalue weighted by atomic mass is 32.2. The summed E-state index contributed by atoms with van der Waals surface area (Å²) in [6.07, 6.45) is 2.92. The SMILES string of the molecule is CCNC(CSCC)C1CC1. The first kappa shape index (κ1) is 9.40. The molecule has 1 aliphatic rings. The van der Waals surface area contributed by atoms with Gasteiger partial charge in [0.05, 0.1) is 0 Å². The molecule has 0 aromatic heterocycles. The molecule has 1 N–H and O–H groups in total. The van der Waals surface area contributed by atoms with Gasteiger partial charge < -0.3 is 5.32 Å². The van der Waals surface area contributed by atoms with E-state index in [4.69, 9.17) is 0 Å². The van der Waals surface area contributed by atoms with E-state index in [1.807, 2.05) is 0 Å². The zero-order valence-corrected chi connectivity index (χ0v) is 8.41. The van der Waals surface area contributed by atoms with Crippen LogP contribution >= 0.6 is 11.8 Å². The lowest BCUT2D eigenvalue weighted by molar-refractivity contribution is 0.519. The molecule has 0 amide bonds. The molecule has 1 rings (SSSR count). The third kappa shape index (κ3) is 3.48. The molecule has 0 saturated heterocycles. The summed E-state index contributed by atoms with van der Waals surface area (Å²) < 4.78 is 0. The average molecular weight is 173 g/mol. The Morgan fingerprint density at radius 2 is 2.18 bits per heavy atom. The van der Waals surface area contributed by atoms with Gasteiger partial charge in [-0.15, -0.1) is 0 Å². The van der Waals surface area contributed by atoms with E-state index in [-0.39, 0.29) is 0 Å². The first-order valence-corrected chi connectivity index (χ1v) is 5.85. The molecule has 1 nitrogen and oxygen atoms in total. The minimum atomic E-state index is 0.810. The topological polar surface area (TPSA) is 12.0 Å². The van der Waals surface area contributed by atoms with Crippen LogP contribution in [0.1, 0.15) is 26.7 Å². The van der Waals surface area contributed by atoms with Gasteiger partial charge in [0.1, 0.15) is 0 Å². The summed E-state index contributed by atoms with van der Waals surface area (Å²) in [7, 11) is 0. The molecule has 1 aliphatic carbocycles. The molecule has 1 unspecified atom stereocenters. The van der Waals surface area contributed by atoms with E-state index in [1.54, 1.807) is 0 Å². The van der Waals surface area contributed by atoms with Gasteiger partial charge in [-0.25, -0.2) is 0 Å². The molecule has 0 aromatic rings. The van der Waals surface area contributed by atoms with Crippen LogP contribution < -0.4 is 5.32 Å². The Labute approximate surface area is 74.3 Å². The van der Waals surface area contributed by atoms with Crippen LogP contribution in [0.4, 0.5) is 0 Å². The molecule has 0 spiro atoms. The predicted molar refractivity (Wildman–Crippen MR) is 53.2 cm³/mol. The van der Waals surface area contributed by atoms with Gasteiger partial charge >= 0.3 is 0 Å². The summed E-state index contributed by atoms with van der Waals surface area (Å²) in [4.78, 5) is 0. The van der Waals surface area contributed by atoms with Crippen LogP contribution in [0.5, 0.6) is 0 Å². The zero-order chi connectivity index (χ0) is 8.10. The molecule has 66 valence electrons. The van der Waals surface area contributed by atoms with Crippen molar-refractivity contribution in [2.45, 2.75) is 32.7 Å². The minimum absolute atomic E-state index is 0.810. The molecular formula is C9H19NS. The largest absolute Gasteiger partial charge is 0.313 e. The van der Waals surface area contributed by atoms with Crippen molar-refractivity contribution in [1.82, 2.24) is 5.32 Å². The van der Waals surface area contributed by atoms with Gasteiger partial charge in [0.15, 0.2) is 0 Å². The van der Waals surface area contributed by atoms with Crippen LogP contribution in [0.15, 0.2) is 0 Å². The summed E-state index contributed by atoms with van der Waals surface area (Å²) in [6.45, 7) is 5.57. The fourth-order valence-corrected chi connectivity index (χ4v) is 2.25. The fraction of sp³-hybridized carbons (Fsp3) is 1.00. The maximum Gasteiger partial charge on any atom is 0.0186 e. The maximum atomic E-state index is 3.56. The van der Waals surface area contributed by atoms with E-state index in [0.29, 0.717) is 0 Å². The van der Waals surface area contributed by atoms with E-state index in [9.17, 15) is 0 Å². The van der Waals surface area contributed by atoms with Crippen molar-refractivity contribution >= 4 is 11.8 Å². The molecule has 1 atom stereocenters. The number of nitrogens with one attached hydrogen (secondary N) is 1. The van der Waals surface area contributed by atoms with E-state index >= 15 is 0 Å². The number of rotatable bonds is 6. The Kier molecular flexibility index (Phi) is 4.31. The van der Waals surface area contributed by atoms with Crippen LogP contribution in [0, 0.1) is 5.92 Å². The molecule has 11 heavy (non-hydrogen) atoms. The quantitative estimate of drug-likeness (QED) is 0.660. The molecule has 1 fully saturated rings. The van der Waals surface area contributed by atoms with Gasteiger partial charge in [0.25, 0.3) is 0 Å². The van der Waals surface area contributed by atoms with Crippen LogP contribution in [-0.4, -0.2) is 24.1 Å². The Balaban J connectivity index is 2.10. The summed E-state index contributed by atoms with van der Waals surface area (Å²) in [6, 6.07) is 0.810. The highest BCUT2D eigenvalue weighted by Gasteiger charge is 2.29. The number of hydrogen-bond donors (Lipinski definition) is 1. The molecule has 0 heterocycles. The van der Waals surface area contributed by atoms with Crippen molar-refractivity contribution < 1.29 is 0 Å². The molecule has 0 aliphatic heterocycles. The minimum Gasteiger partial charge on any atom is -0.313 e. The highest BCUT2D eigenvalue weighted by molar-refractivity contribution is 7.99. The Morgan fingerprint density at radius 1 is 1.45 bits per heavy atom. The second-order valence-electron chi connectivity index (χ2n) is 3.16. The average Bonchev–Trinajstić information content (AvgIpc) is 2.80. The standard InChI is InChI=1S/C9H19NS/c1-3-10-9(7-11-4-2)8-5-6-8/h8-10H,3-7H2,1-2H3. The first-order valence-electron chi connectivity index (χ1n) is 4.69. The molecule has 2 heteroatoms. The van der Waals surface area contributed by atoms with Gasteiger partial charge in [0.2, 0.25) is 0 Å². The molecule has 1 saturated carbocycles. The predicted octanol–water partition coefficient (Wildman–Crippen LogP) is 2.13. The van der Waals surface area contributed by atoms with E-state index < -0.39 is 0 Å². The third-order valence-corrected chi connectivity index (χ3v) is 3.16.